The van der Waals surface area contributed by atoms with Crippen LogP contribution in [-0.2, 0) is 0 Å². The van der Waals surface area contributed by atoms with Crippen molar-refractivity contribution in [2.45, 2.75) is 84.0 Å². The van der Waals surface area contributed by atoms with Crippen LogP contribution in [0.2, 0.25) is 0 Å². The van der Waals surface area contributed by atoms with E-state index in [4.69, 9.17) is 5.26 Å². The lowest BCUT2D eigenvalue weighted by Gasteiger charge is -2.39. The van der Waals surface area contributed by atoms with Crippen molar-refractivity contribution in [2.24, 2.45) is 23.7 Å². The zero-order chi connectivity index (χ0) is 21.6. The van der Waals surface area contributed by atoms with Crippen molar-refractivity contribution in [2.75, 3.05) is 0 Å². The Morgan fingerprint density at radius 3 is 1.81 bits per heavy atom. The van der Waals surface area contributed by atoms with E-state index >= 15 is 0 Å². The van der Waals surface area contributed by atoms with E-state index < -0.39 is 0 Å². The van der Waals surface area contributed by atoms with Crippen molar-refractivity contribution in [3.63, 3.8) is 0 Å². The summed E-state index contributed by atoms with van der Waals surface area (Å²) in [6.45, 7) is 4.78. The monoisotopic (exact) mass is 413 g/mol. The average molecular weight is 414 g/mol. The smallest absolute Gasteiger partial charge is 0.0991 e. The maximum absolute atomic E-state index is 8.99. The van der Waals surface area contributed by atoms with Gasteiger partial charge in [-0.2, -0.15) is 5.26 Å². The van der Waals surface area contributed by atoms with E-state index in [-0.39, 0.29) is 0 Å². The molecule has 2 saturated carbocycles. The van der Waals surface area contributed by atoms with Crippen molar-refractivity contribution in [3.05, 3.63) is 59.7 Å². The minimum absolute atomic E-state index is 0.649. The zero-order valence-corrected chi connectivity index (χ0v) is 19.5. The van der Waals surface area contributed by atoms with Gasteiger partial charge < -0.3 is 0 Å². The van der Waals surface area contributed by atoms with Gasteiger partial charge in [-0.05, 0) is 96.9 Å². The van der Waals surface area contributed by atoms with Gasteiger partial charge in [0.15, 0.2) is 0 Å². The van der Waals surface area contributed by atoms with Crippen molar-refractivity contribution >= 4 is 0 Å². The van der Waals surface area contributed by atoms with Crippen molar-refractivity contribution < 1.29 is 0 Å². The summed E-state index contributed by atoms with van der Waals surface area (Å²) in [5.41, 5.74) is 4.63. The summed E-state index contributed by atoms with van der Waals surface area (Å²) in [4.78, 5) is 0. The van der Waals surface area contributed by atoms with E-state index in [9.17, 15) is 0 Å². The van der Waals surface area contributed by atoms with Crippen LogP contribution in [0.25, 0.3) is 11.1 Å². The lowest BCUT2D eigenvalue weighted by atomic mass is 9.66. The third-order valence-electron chi connectivity index (χ3n) is 8.56. The molecule has 0 heterocycles. The lowest BCUT2D eigenvalue weighted by molar-refractivity contribution is 0.137. The zero-order valence-electron chi connectivity index (χ0n) is 19.5. The Kier molecular flexibility index (Phi) is 7.49. The predicted octanol–water partition coefficient (Wildman–Crippen LogP) is 8.74. The molecule has 0 aromatic heterocycles. The van der Waals surface area contributed by atoms with Gasteiger partial charge in [-0.1, -0.05) is 75.9 Å². The summed E-state index contributed by atoms with van der Waals surface area (Å²) in [6.07, 6.45) is 14.6. The number of nitriles is 1. The summed E-state index contributed by atoms with van der Waals surface area (Å²) in [6, 6.07) is 19.3. The topological polar surface area (TPSA) is 23.8 Å². The second-order valence-corrected chi connectivity index (χ2v) is 10.3. The molecule has 0 bridgehead atoms. The highest BCUT2D eigenvalue weighted by Gasteiger charge is 2.32. The highest BCUT2D eigenvalue weighted by molar-refractivity contribution is 5.64. The van der Waals surface area contributed by atoms with Crippen molar-refractivity contribution in [3.8, 4) is 17.2 Å². The molecule has 4 rings (SSSR count). The van der Waals surface area contributed by atoms with Crippen LogP contribution in [0, 0.1) is 35.0 Å². The first kappa shape index (κ1) is 22.1. The number of nitrogens with zero attached hydrogens (tertiary/aromatic N) is 1. The molecule has 1 unspecified atom stereocenters. The maximum Gasteiger partial charge on any atom is 0.0991 e. The Hall–Kier alpha value is -2.07. The third-order valence-corrected chi connectivity index (χ3v) is 8.56. The molecule has 0 spiro atoms. The molecule has 2 aromatic rings. The molecule has 1 atom stereocenters. The number of benzene rings is 2. The fourth-order valence-electron chi connectivity index (χ4n) is 6.46. The van der Waals surface area contributed by atoms with Gasteiger partial charge >= 0.3 is 0 Å². The summed E-state index contributed by atoms with van der Waals surface area (Å²) in [5, 5.41) is 8.99. The fourth-order valence-corrected chi connectivity index (χ4v) is 6.46. The fraction of sp³-hybridized carbons (Fsp3) is 0.567. The Labute approximate surface area is 189 Å². The first-order valence-electron chi connectivity index (χ1n) is 12.8. The summed E-state index contributed by atoms with van der Waals surface area (Å²) in [5.74, 6) is 4.55. The number of hydrogen-bond donors (Lipinski definition) is 0. The van der Waals surface area contributed by atoms with E-state index in [1.165, 1.54) is 80.9 Å². The molecule has 0 N–H and O–H groups in total. The van der Waals surface area contributed by atoms with Gasteiger partial charge in [-0.25, -0.2) is 0 Å². The Morgan fingerprint density at radius 2 is 1.29 bits per heavy atom. The summed E-state index contributed by atoms with van der Waals surface area (Å²) >= 11 is 0. The summed E-state index contributed by atoms with van der Waals surface area (Å²) < 4.78 is 0. The summed E-state index contributed by atoms with van der Waals surface area (Å²) in [7, 11) is 0. The normalized spacial score (nSPS) is 27.4. The molecule has 1 heteroatoms. The highest BCUT2D eigenvalue weighted by Crippen LogP contribution is 2.45. The quantitative estimate of drug-likeness (QED) is 0.464. The maximum atomic E-state index is 8.99. The third kappa shape index (κ3) is 5.41. The van der Waals surface area contributed by atoms with Crippen LogP contribution in [0.4, 0.5) is 0 Å². The molecular weight excluding hydrogens is 374 g/mol. The van der Waals surface area contributed by atoms with Crippen molar-refractivity contribution in [1.82, 2.24) is 0 Å². The van der Waals surface area contributed by atoms with Crippen LogP contribution in [0.5, 0.6) is 0 Å². The minimum Gasteiger partial charge on any atom is -0.192 e. The standard InChI is InChI=1S/C30H39N/c1-3-4-23-5-9-27(10-6-23)29-17-13-25(14-18-29)22(2)26-15-19-30(20-16-26)28-11-7-24(21-31)8-12-28/h7-8,11-12,15-16,19-20,22-23,25,27,29H,3-6,9-10,13-14,17-18H2,1-2H3. The molecule has 0 amide bonds. The molecule has 2 aliphatic rings. The molecule has 1 nitrogen and oxygen atoms in total. The Morgan fingerprint density at radius 1 is 0.774 bits per heavy atom. The molecule has 0 saturated heterocycles. The van der Waals surface area contributed by atoms with E-state index in [0.29, 0.717) is 5.92 Å². The highest BCUT2D eigenvalue weighted by atomic mass is 14.4. The van der Waals surface area contributed by atoms with Gasteiger partial charge in [0.2, 0.25) is 0 Å². The second kappa shape index (κ2) is 10.5. The molecule has 2 fully saturated rings. The van der Waals surface area contributed by atoms with Crippen LogP contribution in [0.1, 0.15) is 95.1 Å². The number of rotatable bonds is 6. The first-order valence-corrected chi connectivity index (χ1v) is 12.8. The van der Waals surface area contributed by atoms with Gasteiger partial charge in [0, 0.05) is 0 Å². The molecule has 0 aliphatic heterocycles. The van der Waals surface area contributed by atoms with Crippen LogP contribution < -0.4 is 0 Å². The molecular formula is C30H39N. The molecule has 2 aliphatic carbocycles. The largest absolute Gasteiger partial charge is 0.192 e. The molecule has 164 valence electrons. The average Bonchev–Trinajstić information content (AvgIpc) is 2.85. The van der Waals surface area contributed by atoms with Crippen LogP contribution in [0.15, 0.2) is 48.5 Å². The van der Waals surface area contributed by atoms with E-state index in [1.807, 2.05) is 24.3 Å². The van der Waals surface area contributed by atoms with E-state index in [2.05, 4.69) is 44.2 Å². The Bertz CT molecular complexity index is 841. The van der Waals surface area contributed by atoms with Gasteiger partial charge in [0.1, 0.15) is 0 Å². The van der Waals surface area contributed by atoms with Crippen molar-refractivity contribution in [1.29, 1.82) is 5.26 Å². The minimum atomic E-state index is 0.649. The SMILES string of the molecule is CCCC1CCC(C2CCC(C(C)c3ccc(-c4ccc(C#N)cc4)cc3)CC2)CC1. The predicted molar refractivity (Wildman–Crippen MR) is 131 cm³/mol. The van der Waals surface area contributed by atoms with Crippen LogP contribution in [0.3, 0.4) is 0 Å². The van der Waals surface area contributed by atoms with Crippen LogP contribution in [-0.4, -0.2) is 0 Å². The number of hydrogen-bond acceptors (Lipinski definition) is 1. The van der Waals surface area contributed by atoms with E-state index in [0.717, 1.165) is 29.2 Å². The van der Waals surface area contributed by atoms with E-state index in [1.54, 1.807) is 0 Å². The molecule has 0 radical (unpaired) electrons. The molecule has 31 heavy (non-hydrogen) atoms. The van der Waals surface area contributed by atoms with Gasteiger partial charge in [0.25, 0.3) is 0 Å². The Balaban J connectivity index is 1.29. The lowest BCUT2D eigenvalue weighted by Crippen LogP contribution is -2.27. The van der Waals surface area contributed by atoms with Gasteiger partial charge in [-0.15, -0.1) is 0 Å². The first-order chi connectivity index (χ1) is 15.2. The van der Waals surface area contributed by atoms with Crippen LogP contribution >= 0.6 is 0 Å². The molecule has 2 aromatic carbocycles. The second-order valence-electron chi connectivity index (χ2n) is 10.3. The van der Waals surface area contributed by atoms with Gasteiger partial charge in [-0.3, -0.25) is 0 Å². The van der Waals surface area contributed by atoms with Gasteiger partial charge in [0.05, 0.1) is 11.6 Å².